The van der Waals surface area contributed by atoms with Crippen molar-refractivity contribution in [2.75, 3.05) is 44.9 Å². The summed E-state index contributed by atoms with van der Waals surface area (Å²) in [5, 5.41) is 1.21. The first kappa shape index (κ1) is 14.3. The van der Waals surface area contributed by atoms with Crippen molar-refractivity contribution in [1.82, 2.24) is 9.47 Å². The van der Waals surface area contributed by atoms with Crippen LogP contribution in [-0.4, -0.2) is 54.3 Å². The fourth-order valence-corrected chi connectivity index (χ4v) is 4.60. The van der Waals surface area contributed by atoms with Crippen molar-refractivity contribution in [1.29, 1.82) is 0 Å². The molecular weight excluding hydrogens is 296 g/mol. The van der Waals surface area contributed by atoms with Gasteiger partial charge >= 0.3 is 0 Å². The van der Waals surface area contributed by atoms with Crippen molar-refractivity contribution < 1.29 is 9.47 Å². The van der Waals surface area contributed by atoms with Crippen molar-refractivity contribution >= 4 is 22.7 Å². The van der Waals surface area contributed by atoms with Crippen LogP contribution in [0.3, 0.4) is 0 Å². The van der Waals surface area contributed by atoms with E-state index in [1.165, 1.54) is 41.2 Å². The molecule has 1 aromatic carbocycles. The summed E-state index contributed by atoms with van der Waals surface area (Å²) in [7, 11) is 1.71. The number of thioether (sulfide) groups is 1. The maximum atomic E-state index is 6.07. The van der Waals surface area contributed by atoms with Gasteiger partial charge in [-0.25, -0.2) is 0 Å². The van der Waals surface area contributed by atoms with E-state index >= 15 is 0 Å². The van der Waals surface area contributed by atoms with E-state index in [-0.39, 0.29) is 0 Å². The second kappa shape index (κ2) is 5.70. The highest BCUT2D eigenvalue weighted by molar-refractivity contribution is 7.99. The van der Waals surface area contributed by atoms with Gasteiger partial charge in [-0.05, 0) is 19.1 Å². The lowest BCUT2D eigenvalue weighted by Gasteiger charge is -2.34. The van der Waals surface area contributed by atoms with Gasteiger partial charge in [0.2, 0.25) is 0 Å². The van der Waals surface area contributed by atoms with Gasteiger partial charge in [-0.3, -0.25) is 4.90 Å². The number of hydrogen-bond acceptors (Lipinski definition) is 4. The monoisotopic (exact) mass is 318 g/mol. The summed E-state index contributed by atoms with van der Waals surface area (Å²) >= 11 is 2.06. The Morgan fingerprint density at radius 3 is 2.86 bits per heavy atom. The van der Waals surface area contributed by atoms with Crippen molar-refractivity contribution in [3.63, 3.8) is 0 Å². The molecule has 4 nitrogen and oxygen atoms in total. The van der Waals surface area contributed by atoms with E-state index in [1.807, 2.05) is 6.07 Å². The van der Waals surface area contributed by atoms with Gasteiger partial charge in [0.25, 0.3) is 0 Å². The number of benzene rings is 1. The SMILES string of the molecule is COc1cc2c3c(c1)cc(C)n3C(CN1CCSCC1)CO2. The minimum Gasteiger partial charge on any atom is -0.497 e. The smallest absolute Gasteiger partial charge is 0.147 e. The molecule has 0 radical (unpaired) electrons. The molecule has 22 heavy (non-hydrogen) atoms. The van der Waals surface area contributed by atoms with E-state index in [0.717, 1.165) is 24.7 Å². The summed E-state index contributed by atoms with van der Waals surface area (Å²) in [6.45, 7) is 6.41. The third-order valence-corrected chi connectivity index (χ3v) is 5.61. The van der Waals surface area contributed by atoms with Gasteiger partial charge in [0.05, 0.1) is 18.7 Å². The van der Waals surface area contributed by atoms with Gasteiger partial charge in [-0.1, -0.05) is 0 Å². The Balaban J connectivity index is 1.71. The Bertz CT molecular complexity index is 692. The van der Waals surface area contributed by atoms with E-state index in [9.17, 15) is 0 Å². The predicted molar refractivity (Wildman–Crippen MR) is 91.5 cm³/mol. The fraction of sp³-hybridized carbons (Fsp3) is 0.529. The zero-order valence-corrected chi connectivity index (χ0v) is 14.0. The van der Waals surface area contributed by atoms with Crippen molar-refractivity contribution in [2.24, 2.45) is 0 Å². The summed E-state index contributed by atoms with van der Waals surface area (Å²) in [6.07, 6.45) is 0. The van der Waals surface area contributed by atoms with Gasteiger partial charge in [0, 0.05) is 48.3 Å². The van der Waals surface area contributed by atoms with E-state index in [2.05, 4.69) is 40.3 Å². The van der Waals surface area contributed by atoms with Crippen LogP contribution in [0.4, 0.5) is 0 Å². The fourth-order valence-electron chi connectivity index (χ4n) is 3.62. The van der Waals surface area contributed by atoms with Crippen LogP contribution in [0.5, 0.6) is 11.5 Å². The number of rotatable bonds is 3. The zero-order chi connectivity index (χ0) is 15.1. The highest BCUT2D eigenvalue weighted by atomic mass is 32.2. The number of nitrogens with zero attached hydrogens (tertiary/aromatic N) is 2. The Morgan fingerprint density at radius 2 is 2.09 bits per heavy atom. The first-order chi connectivity index (χ1) is 10.8. The third-order valence-electron chi connectivity index (χ3n) is 4.67. The Labute approximate surface area is 135 Å². The number of methoxy groups -OCH3 is 1. The molecule has 0 saturated carbocycles. The maximum Gasteiger partial charge on any atom is 0.147 e. The molecule has 0 amide bonds. The van der Waals surface area contributed by atoms with Crippen molar-refractivity contribution in [2.45, 2.75) is 13.0 Å². The van der Waals surface area contributed by atoms with Gasteiger partial charge in [-0.2, -0.15) is 11.8 Å². The summed E-state index contributed by atoms with van der Waals surface area (Å²) in [5.74, 6) is 4.32. The van der Waals surface area contributed by atoms with E-state index < -0.39 is 0 Å². The van der Waals surface area contributed by atoms with Crippen molar-refractivity contribution in [3.05, 3.63) is 23.9 Å². The molecule has 0 aliphatic carbocycles. The summed E-state index contributed by atoms with van der Waals surface area (Å²) in [5.41, 5.74) is 2.53. The van der Waals surface area contributed by atoms with Crippen LogP contribution in [0.1, 0.15) is 11.7 Å². The van der Waals surface area contributed by atoms with Crippen LogP contribution in [0.25, 0.3) is 10.9 Å². The number of aryl methyl sites for hydroxylation is 1. The van der Waals surface area contributed by atoms with Crippen molar-refractivity contribution in [3.8, 4) is 11.5 Å². The molecule has 118 valence electrons. The second-order valence-corrected chi connectivity index (χ2v) is 7.32. The van der Waals surface area contributed by atoms with Crippen LogP contribution in [0.15, 0.2) is 18.2 Å². The minimum atomic E-state index is 0.404. The van der Waals surface area contributed by atoms with Crippen LogP contribution in [0, 0.1) is 6.92 Å². The first-order valence-electron chi connectivity index (χ1n) is 7.89. The zero-order valence-electron chi connectivity index (χ0n) is 13.2. The first-order valence-corrected chi connectivity index (χ1v) is 9.04. The molecule has 1 saturated heterocycles. The van der Waals surface area contributed by atoms with Gasteiger partial charge in [0.15, 0.2) is 0 Å². The molecule has 1 atom stereocenters. The van der Waals surface area contributed by atoms with Crippen LogP contribution < -0.4 is 9.47 Å². The number of aromatic nitrogens is 1. The number of ether oxygens (including phenoxy) is 2. The van der Waals surface area contributed by atoms with Gasteiger partial charge in [0.1, 0.15) is 18.1 Å². The van der Waals surface area contributed by atoms with Gasteiger partial charge < -0.3 is 14.0 Å². The lowest BCUT2D eigenvalue weighted by molar-refractivity contribution is 0.177. The van der Waals surface area contributed by atoms with Crippen LogP contribution >= 0.6 is 11.8 Å². The molecule has 0 N–H and O–H groups in total. The molecule has 2 aliphatic rings. The lowest BCUT2D eigenvalue weighted by atomic mass is 10.2. The van der Waals surface area contributed by atoms with Crippen LogP contribution in [0.2, 0.25) is 0 Å². The molecule has 1 aromatic heterocycles. The highest BCUT2D eigenvalue weighted by Crippen LogP contribution is 2.39. The molecule has 2 aliphatic heterocycles. The molecule has 2 aromatic rings. The molecule has 0 spiro atoms. The number of hydrogen-bond donors (Lipinski definition) is 0. The minimum absolute atomic E-state index is 0.404. The molecule has 1 fully saturated rings. The molecule has 0 bridgehead atoms. The second-order valence-electron chi connectivity index (χ2n) is 6.10. The molecule has 3 heterocycles. The molecular formula is C17H22N2O2S. The quantitative estimate of drug-likeness (QED) is 0.869. The van der Waals surface area contributed by atoms with Crippen LogP contribution in [-0.2, 0) is 0 Å². The summed E-state index contributed by atoms with van der Waals surface area (Å²) in [6, 6.07) is 6.76. The van der Waals surface area contributed by atoms with E-state index in [0.29, 0.717) is 6.04 Å². The molecule has 4 rings (SSSR count). The van der Waals surface area contributed by atoms with E-state index in [1.54, 1.807) is 7.11 Å². The average Bonchev–Trinajstić information content (AvgIpc) is 2.88. The summed E-state index contributed by atoms with van der Waals surface area (Å²) < 4.78 is 13.9. The standard InChI is InChI=1S/C17H22N2O2S/c1-12-7-13-8-15(20-2)9-16-17(13)19(12)14(11-21-16)10-18-3-5-22-6-4-18/h7-9,14H,3-6,10-11H2,1-2H3. The maximum absolute atomic E-state index is 6.07. The molecule has 1 unspecified atom stereocenters. The largest absolute Gasteiger partial charge is 0.497 e. The predicted octanol–water partition coefficient (Wildman–Crippen LogP) is 2.94. The van der Waals surface area contributed by atoms with E-state index in [4.69, 9.17) is 9.47 Å². The topological polar surface area (TPSA) is 26.6 Å². The van der Waals surface area contributed by atoms with Gasteiger partial charge in [-0.15, -0.1) is 0 Å². The average molecular weight is 318 g/mol. The third kappa shape index (κ3) is 2.36. The Hall–Kier alpha value is -1.33. The Morgan fingerprint density at radius 1 is 1.27 bits per heavy atom. The normalized spacial score (nSPS) is 21.8. The highest BCUT2D eigenvalue weighted by Gasteiger charge is 2.27. The lowest BCUT2D eigenvalue weighted by Crippen LogP contribution is -2.40. The Kier molecular flexibility index (Phi) is 3.70. The summed E-state index contributed by atoms with van der Waals surface area (Å²) in [4.78, 5) is 2.57. The molecule has 5 heteroatoms.